The molecular weight excluding hydrogens is 408 g/mol. The van der Waals surface area contributed by atoms with Gasteiger partial charge in [-0.25, -0.2) is 0 Å². The van der Waals surface area contributed by atoms with Gasteiger partial charge < -0.3 is 0 Å². The fraction of sp³-hybridized carbons (Fsp3) is 0.250. The lowest BCUT2D eigenvalue weighted by Gasteiger charge is -2.04. The molecule has 1 aliphatic rings. The average molecular weight is 420 g/mol. The van der Waals surface area contributed by atoms with Crippen LogP contribution in [0.1, 0.15) is 24.0 Å². The third kappa shape index (κ3) is 4.37. The SMILES string of the molecule is N#CC1(c2cncc(Br)c2)CC1.N#CCc1cncc(Br)c1. The maximum atomic E-state index is 8.91. The van der Waals surface area contributed by atoms with Gasteiger partial charge in [-0.15, -0.1) is 0 Å². The van der Waals surface area contributed by atoms with E-state index in [1.165, 1.54) is 0 Å². The van der Waals surface area contributed by atoms with E-state index < -0.39 is 0 Å². The molecule has 0 amide bonds. The maximum absolute atomic E-state index is 8.91. The van der Waals surface area contributed by atoms with Crippen LogP contribution in [0, 0.1) is 22.7 Å². The van der Waals surface area contributed by atoms with Crippen molar-refractivity contribution in [3.05, 3.63) is 57.0 Å². The van der Waals surface area contributed by atoms with E-state index in [1.807, 2.05) is 12.1 Å². The first-order valence-corrected chi connectivity index (χ1v) is 8.17. The Morgan fingerprint density at radius 3 is 2.14 bits per heavy atom. The first-order chi connectivity index (χ1) is 10.6. The number of aromatic nitrogens is 2. The first kappa shape index (κ1) is 16.6. The zero-order valence-electron chi connectivity index (χ0n) is 11.6. The number of rotatable bonds is 2. The molecule has 0 atom stereocenters. The Kier molecular flexibility index (Phi) is 5.65. The Labute approximate surface area is 146 Å². The van der Waals surface area contributed by atoms with Crippen molar-refractivity contribution in [1.82, 2.24) is 9.97 Å². The molecule has 1 fully saturated rings. The predicted octanol–water partition coefficient (Wildman–Crippen LogP) is 4.31. The Morgan fingerprint density at radius 1 is 1.00 bits per heavy atom. The Hall–Kier alpha value is -1.76. The highest BCUT2D eigenvalue weighted by atomic mass is 79.9. The van der Waals surface area contributed by atoms with Gasteiger partial charge in [-0.1, -0.05) is 0 Å². The molecule has 0 saturated heterocycles. The molecule has 2 aromatic rings. The van der Waals surface area contributed by atoms with Crippen LogP contribution in [0.2, 0.25) is 0 Å². The van der Waals surface area contributed by atoms with Crippen molar-refractivity contribution in [2.24, 2.45) is 0 Å². The normalized spacial score (nSPS) is 14.0. The molecule has 2 aromatic heterocycles. The highest BCUT2D eigenvalue weighted by Gasteiger charge is 2.45. The number of nitriles is 2. The molecule has 0 aliphatic heterocycles. The van der Waals surface area contributed by atoms with Crippen LogP contribution in [-0.2, 0) is 11.8 Å². The lowest BCUT2D eigenvalue weighted by atomic mass is 10.0. The number of halogens is 2. The molecule has 1 aliphatic carbocycles. The summed E-state index contributed by atoms with van der Waals surface area (Å²) in [7, 11) is 0. The maximum Gasteiger partial charge on any atom is 0.0838 e. The summed E-state index contributed by atoms with van der Waals surface area (Å²) in [6.07, 6.45) is 9.27. The van der Waals surface area contributed by atoms with Gasteiger partial charge in [0, 0.05) is 33.7 Å². The topological polar surface area (TPSA) is 73.4 Å². The fourth-order valence-corrected chi connectivity index (χ4v) is 2.68. The van der Waals surface area contributed by atoms with E-state index in [-0.39, 0.29) is 5.41 Å². The largest absolute Gasteiger partial charge is 0.263 e. The molecule has 0 bridgehead atoms. The summed E-state index contributed by atoms with van der Waals surface area (Å²) in [6.45, 7) is 0. The number of pyridine rings is 2. The summed E-state index contributed by atoms with van der Waals surface area (Å²) in [5.41, 5.74) is 1.77. The van der Waals surface area contributed by atoms with Crippen LogP contribution in [0.5, 0.6) is 0 Å². The number of hydrogen-bond acceptors (Lipinski definition) is 4. The second-order valence-corrected chi connectivity index (χ2v) is 6.76. The van der Waals surface area contributed by atoms with E-state index in [1.54, 1.807) is 24.8 Å². The van der Waals surface area contributed by atoms with Gasteiger partial charge in [-0.05, 0) is 68.0 Å². The van der Waals surface area contributed by atoms with Crippen molar-refractivity contribution in [2.45, 2.75) is 24.7 Å². The minimum Gasteiger partial charge on any atom is -0.263 e. The minimum atomic E-state index is -0.212. The predicted molar refractivity (Wildman–Crippen MR) is 89.7 cm³/mol. The van der Waals surface area contributed by atoms with Gasteiger partial charge in [-0.2, -0.15) is 10.5 Å². The van der Waals surface area contributed by atoms with Crippen LogP contribution in [-0.4, -0.2) is 9.97 Å². The van der Waals surface area contributed by atoms with Crippen LogP contribution >= 0.6 is 31.9 Å². The van der Waals surface area contributed by atoms with Gasteiger partial charge in [0.25, 0.3) is 0 Å². The van der Waals surface area contributed by atoms with Gasteiger partial charge in [0.2, 0.25) is 0 Å². The zero-order valence-corrected chi connectivity index (χ0v) is 14.8. The standard InChI is InChI=1S/C9H7BrN2.C7H5BrN2/c10-8-3-7(4-12-5-8)9(6-11)1-2-9;8-7-3-6(1-2-9)4-10-5-7/h3-5H,1-2H2;3-5H,1H2. The van der Waals surface area contributed by atoms with E-state index in [9.17, 15) is 0 Å². The Morgan fingerprint density at radius 2 is 1.64 bits per heavy atom. The van der Waals surface area contributed by atoms with Gasteiger partial charge >= 0.3 is 0 Å². The fourth-order valence-electron chi connectivity index (χ4n) is 1.91. The minimum absolute atomic E-state index is 0.212. The van der Waals surface area contributed by atoms with E-state index in [0.29, 0.717) is 6.42 Å². The zero-order chi connectivity index (χ0) is 16.0. The van der Waals surface area contributed by atoms with E-state index >= 15 is 0 Å². The number of nitrogens with zero attached hydrogens (tertiary/aromatic N) is 4. The van der Waals surface area contributed by atoms with Crippen molar-refractivity contribution in [2.75, 3.05) is 0 Å². The molecule has 6 heteroatoms. The summed E-state index contributed by atoms with van der Waals surface area (Å²) >= 11 is 6.60. The molecule has 22 heavy (non-hydrogen) atoms. The van der Waals surface area contributed by atoms with Crippen LogP contribution in [0.3, 0.4) is 0 Å². The van der Waals surface area contributed by atoms with Crippen LogP contribution in [0.4, 0.5) is 0 Å². The lowest BCUT2D eigenvalue weighted by Crippen LogP contribution is -2.02. The van der Waals surface area contributed by atoms with E-state index in [4.69, 9.17) is 10.5 Å². The quantitative estimate of drug-likeness (QED) is 0.726. The third-order valence-corrected chi connectivity index (χ3v) is 4.13. The Bertz CT molecular complexity index is 742. The van der Waals surface area contributed by atoms with Gasteiger partial charge in [0.15, 0.2) is 0 Å². The summed E-state index contributed by atoms with van der Waals surface area (Å²) in [6, 6.07) is 8.25. The summed E-state index contributed by atoms with van der Waals surface area (Å²) in [5.74, 6) is 0. The Balaban J connectivity index is 0.000000164. The number of hydrogen-bond donors (Lipinski definition) is 0. The molecule has 0 radical (unpaired) electrons. The van der Waals surface area contributed by atoms with Crippen molar-refractivity contribution < 1.29 is 0 Å². The molecular formula is C16H12Br2N4. The molecule has 0 N–H and O–H groups in total. The second-order valence-electron chi connectivity index (χ2n) is 4.93. The van der Waals surface area contributed by atoms with E-state index in [2.05, 4.69) is 54.0 Å². The second kappa shape index (κ2) is 7.49. The third-order valence-electron chi connectivity index (χ3n) is 3.27. The van der Waals surface area contributed by atoms with Crippen LogP contribution in [0.15, 0.2) is 45.9 Å². The summed E-state index contributed by atoms with van der Waals surface area (Å²) < 4.78 is 1.86. The lowest BCUT2D eigenvalue weighted by molar-refractivity contribution is 0.895. The van der Waals surface area contributed by atoms with Gasteiger partial charge in [0.05, 0.1) is 24.0 Å². The molecule has 4 nitrogen and oxygen atoms in total. The monoisotopic (exact) mass is 418 g/mol. The molecule has 1 saturated carbocycles. The van der Waals surface area contributed by atoms with Crippen LogP contribution < -0.4 is 0 Å². The molecule has 0 aromatic carbocycles. The first-order valence-electron chi connectivity index (χ1n) is 6.58. The average Bonchev–Trinajstić information content (AvgIpc) is 3.30. The van der Waals surface area contributed by atoms with Gasteiger partial charge in [-0.3, -0.25) is 9.97 Å². The summed E-state index contributed by atoms with van der Waals surface area (Å²) in [5, 5.41) is 17.2. The van der Waals surface area contributed by atoms with Crippen molar-refractivity contribution in [1.29, 1.82) is 10.5 Å². The van der Waals surface area contributed by atoms with E-state index in [0.717, 1.165) is 32.9 Å². The molecule has 0 unspecified atom stereocenters. The molecule has 3 rings (SSSR count). The van der Waals surface area contributed by atoms with Crippen LogP contribution in [0.25, 0.3) is 0 Å². The molecule has 2 heterocycles. The smallest absolute Gasteiger partial charge is 0.0838 e. The highest BCUT2D eigenvalue weighted by Crippen LogP contribution is 2.47. The molecule has 110 valence electrons. The van der Waals surface area contributed by atoms with Crippen molar-refractivity contribution >= 4 is 31.9 Å². The van der Waals surface area contributed by atoms with Crippen molar-refractivity contribution in [3.63, 3.8) is 0 Å². The van der Waals surface area contributed by atoms with Gasteiger partial charge in [0.1, 0.15) is 0 Å². The summed E-state index contributed by atoms with van der Waals surface area (Å²) in [4.78, 5) is 7.95. The highest BCUT2D eigenvalue weighted by molar-refractivity contribution is 9.10. The van der Waals surface area contributed by atoms with Crippen molar-refractivity contribution in [3.8, 4) is 12.1 Å². The molecule has 0 spiro atoms.